The van der Waals surface area contributed by atoms with Crippen LogP contribution in [-0.2, 0) is 6.54 Å². The van der Waals surface area contributed by atoms with Gasteiger partial charge in [0.1, 0.15) is 5.65 Å². The van der Waals surface area contributed by atoms with Crippen molar-refractivity contribution in [2.75, 3.05) is 26.2 Å². The maximum absolute atomic E-state index is 12.4. The Bertz CT molecular complexity index is 787. The van der Waals surface area contributed by atoms with Gasteiger partial charge in [0.25, 0.3) is 5.56 Å². The van der Waals surface area contributed by atoms with Crippen LogP contribution in [0.4, 0.5) is 0 Å². The van der Waals surface area contributed by atoms with Gasteiger partial charge in [0.05, 0.1) is 11.8 Å². The number of hydrogen-bond donors (Lipinski definition) is 1. The van der Waals surface area contributed by atoms with Gasteiger partial charge in [-0.1, -0.05) is 13.0 Å². The van der Waals surface area contributed by atoms with Crippen LogP contribution in [0, 0.1) is 6.92 Å². The molecule has 6 heteroatoms. The number of pyridine rings is 1. The number of nitrogens with zero attached hydrogens (tertiary/aromatic N) is 4. The van der Waals surface area contributed by atoms with E-state index in [0.29, 0.717) is 12.6 Å². The van der Waals surface area contributed by atoms with Gasteiger partial charge in [-0.25, -0.2) is 4.98 Å². The maximum Gasteiger partial charge on any atom is 0.258 e. The highest BCUT2D eigenvalue weighted by Crippen LogP contribution is 2.15. The van der Waals surface area contributed by atoms with Gasteiger partial charge in [-0.3, -0.25) is 19.0 Å². The average molecular weight is 344 g/mol. The molecule has 0 bridgehead atoms. The van der Waals surface area contributed by atoms with E-state index in [1.165, 1.54) is 0 Å². The summed E-state index contributed by atoms with van der Waals surface area (Å²) in [5, 5.41) is 9.67. The zero-order valence-corrected chi connectivity index (χ0v) is 15.4. The molecule has 6 nitrogen and oxygen atoms in total. The molecule has 0 unspecified atom stereocenters. The Morgan fingerprint density at radius 2 is 2.20 bits per heavy atom. The molecule has 25 heavy (non-hydrogen) atoms. The Morgan fingerprint density at radius 1 is 1.40 bits per heavy atom. The van der Waals surface area contributed by atoms with Crippen LogP contribution < -0.4 is 5.56 Å². The summed E-state index contributed by atoms with van der Waals surface area (Å²) in [6, 6.07) is 5.94. The monoisotopic (exact) mass is 344 g/mol. The van der Waals surface area contributed by atoms with Gasteiger partial charge in [0.2, 0.25) is 0 Å². The van der Waals surface area contributed by atoms with Crippen molar-refractivity contribution >= 4 is 5.65 Å². The molecule has 0 amide bonds. The molecule has 1 saturated heterocycles. The Labute approximate surface area is 148 Å². The fourth-order valence-electron chi connectivity index (χ4n) is 3.69. The third kappa shape index (κ3) is 4.08. The van der Waals surface area contributed by atoms with Gasteiger partial charge < -0.3 is 5.11 Å². The number of aliphatic hydroxyl groups excluding tert-OH is 1. The summed E-state index contributed by atoms with van der Waals surface area (Å²) in [6.45, 7) is 10.2. The van der Waals surface area contributed by atoms with Gasteiger partial charge in [-0.15, -0.1) is 0 Å². The lowest BCUT2D eigenvalue weighted by molar-refractivity contribution is 0.0333. The minimum atomic E-state index is -0.300. The fourth-order valence-corrected chi connectivity index (χ4v) is 3.69. The zero-order valence-electron chi connectivity index (χ0n) is 15.4. The minimum Gasteiger partial charge on any atom is -0.392 e. The lowest BCUT2D eigenvalue weighted by Crippen LogP contribution is -2.54. The summed E-state index contributed by atoms with van der Waals surface area (Å²) in [4.78, 5) is 21.8. The van der Waals surface area contributed by atoms with E-state index < -0.39 is 0 Å². The Hall–Kier alpha value is -1.76. The second-order valence-electron chi connectivity index (χ2n) is 7.11. The summed E-state index contributed by atoms with van der Waals surface area (Å²) < 4.78 is 1.61. The Morgan fingerprint density at radius 3 is 2.92 bits per heavy atom. The molecular formula is C19H28N4O2. The predicted octanol–water partition coefficient (Wildman–Crippen LogP) is 1.28. The SMILES string of the molecule is CC[C@H]1CN(Cc2cc(=O)n3cccc(C)c3n2)CCN1C[C@@H](C)O. The molecule has 1 fully saturated rings. The molecule has 2 aromatic rings. The third-order valence-corrected chi connectivity index (χ3v) is 4.98. The van der Waals surface area contributed by atoms with Crippen molar-refractivity contribution < 1.29 is 5.11 Å². The number of aliphatic hydroxyl groups is 1. The first-order valence-electron chi connectivity index (χ1n) is 9.10. The van der Waals surface area contributed by atoms with E-state index in [1.807, 2.05) is 26.0 Å². The van der Waals surface area contributed by atoms with Crippen molar-refractivity contribution in [3.63, 3.8) is 0 Å². The van der Waals surface area contributed by atoms with E-state index >= 15 is 0 Å². The number of hydrogen-bond acceptors (Lipinski definition) is 5. The number of aromatic nitrogens is 2. The zero-order chi connectivity index (χ0) is 18.0. The Kier molecular flexibility index (Phi) is 5.51. The molecule has 0 radical (unpaired) electrons. The number of β-amino-alcohol motifs (C(OH)–C–C–N with tert-alkyl or cyclic N) is 1. The van der Waals surface area contributed by atoms with Crippen molar-refractivity contribution in [3.05, 3.63) is 46.0 Å². The van der Waals surface area contributed by atoms with Crippen LogP contribution in [0.3, 0.4) is 0 Å². The summed E-state index contributed by atoms with van der Waals surface area (Å²) in [5.74, 6) is 0. The molecule has 2 aromatic heterocycles. The number of aryl methyl sites for hydroxylation is 1. The largest absolute Gasteiger partial charge is 0.392 e. The highest BCUT2D eigenvalue weighted by atomic mass is 16.3. The van der Waals surface area contributed by atoms with Gasteiger partial charge >= 0.3 is 0 Å². The van der Waals surface area contributed by atoms with E-state index in [1.54, 1.807) is 16.7 Å². The van der Waals surface area contributed by atoms with Crippen LogP contribution in [0.15, 0.2) is 29.2 Å². The second kappa shape index (κ2) is 7.64. The molecule has 2 atom stereocenters. The van der Waals surface area contributed by atoms with E-state index in [-0.39, 0.29) is 11.7 Å². The quantitative estimate of drug-likeness (QED) is 0.885. The first-order valence-corrected chi connectivity index (χ1v) is 9.10. The van der Waals surface area contributed by atoms with E-state index in [9.17, 15) is 9.90 Å². The van der Waals surface area contributed by atoms with Gasteiger partial charge in [-0.05, 0) is 31.9 Å². The van der Waals surface area contributed by atoms with Gasteiger partial charge in [-0.2, -0.15) is 0 Å². The molecule has 0 aliphatic carbocycles. The molecule has 1 aliphatic heterocycles. The summed E-state index contributed by atoms with van der Waals surface area (Å²) in [5.41, 5.74) is 2.56. The van der Waals surface area contributed by atoms with Crippen LogP contribution in [0.5, 0.6) is 0 Å². The molecule has 1 aliphatic rings. The first kappa shape index (κ1) is 18.0. The first-order chi connectivity index (χ1) is 12.0. The lowest BCUT2D eigenvalue weighted by Gasteiger charge is -2.41. The van der Waals surface area contributed by atoms with E-state index in [4.69, 9.17) is 4.98 Å². The molecule has 3 heterocycles. The molecule has 3 rings (SSSR count). The molecule has 1 N–H and O–H groups in total. The third-order valence-electron chi connectivity index (χ3n) is 4.98. The van der Waals surface area contributed by atoms with Crippen molar-refractivity contribution in [3.8, 4) is 0 Å². The van der Waals surface area contributed by atoms with Crippen LogP contribution in [-0.4, -0.2) is 62.6 Å². The van der Waals surface area contributed by atoms with Crippen LogP contribution in [0.2, 0.25) is 0 Å². The molecule has 136 valence electrons. The maximum atomic E-state index is 12.4. The van der Waals surface area contributed by atoms with Crippen molar-refractivity contribution in [1.29, 1.82) is 0 Å². The summed E-state index contributed by atoms with van der Waals surface area (Å²) >= 11 is 0. The summed E-state index contributed by atoms with van der Waals surface area (Å²) in [6.07, 6.45) is 2.52. The van der Waals surface area contributed by atoms with Crippen LogP contribution in [0.1, 0.15) is 31.5 Å². The highest BCUT2D eigenvalue weighted by Gasteiger charge is 2.26. The molecule has 0 saturated carbocycles. The van der Waals surface area contributed by atoms with Crippen LogP contribution in [0.25, 0.3) is 5.65 Å². The standard InChI is InChI=1S/C19H28N4O2/c1-4-17-13-21(8-9-22(17)11-15(3)24)12-16-10-18(25)23-7-5-6-14(2)19(23)20-16/h5-7,10,15,17,24H,4,8-9,11-13H2,1-3H3/t15-,17+/m1/s1. The number of fused-ring (bicyclic) bond motifs is 1. The predicted molar refractivity (Wildman–Crippen MR) is 98.8 cm³/mol. The van der Waals surface area contributed by atoms with E-state index in [2.05, 4.69) is 16.7 Å². The van der Waals surface area contributed by atoms with Crippen LogP contribution >= 0.6 is 0 Å². The lowest BCUT2D eigenvalue weighted by atomic mass is 10.1. The average Bonchev–Trinajstić information content (AvgIpc) is 2.57. The topological polar surface area (TPSA) is 61.1 Å². The molecular weight excluding hydrogens is 316 g/mol. The number of piperazine rings is 1. The minimum absolute atomic E-state index is 0.0246. The highest BCUT2D eigenvalue weighted by molar-refractivity contribution is 5.46. The van der Waals surface area contributed by atoms with Crippen molar-refractivity contribution in [2.45, 2.75) is 45.9 Å². The van der Waals surface area contributed by atoms with E-state index in [0.717, 1.165) is 49.5 Å². The van der Waals surface area contributed by atoms with Crippen molar-refractivity contribution in [1.82, 2.24) is 19.2 Å². The fraction of sp³-hybridized carbons (Fsp3) is 0.579. The Balaban J connectivity index is 1.76. The number of rotatable bonds is 5. The second-order valence-corrected chi connectivity index (χ2v) is 7.11. The van der Waals surface area contributed by atoms with Crippen molar-refractivity contribution in [2.24, 2.45) is 0 Å². The molecule has 0 aromatic carbocycles. The smallest absolute Gasteiger partial charge is 0.258 e. The van der Waals surface area contributed by atoms with Gasteiger partial charge in [0, 0.05) is 51.0 Å². The summed E-state index contributed by atoms with van der Waals surface area (Å²) in [7, 11) is 0. The molecule has 0 spiro atoms. The van der Waals surface area contributed by atoms with Gasteiger partial charge in [0.15, 0.2) is 0 Å². The normalized spacial score (nSPS) is 20.9.